The van der Waals surface area contributed by atoms with Crippen molar-refractivity contribution in [2.45, 2.75) is 0 Å². The van der Waals surface area contributed by atoms with E-state index in [1.54, 1.807) is 18.2 Å². The van der Waals surface area contributed by atoms with Gasteiger partial charge in [-0.05, 0) is 0 Å². The van der Waals surface area contributed by atoms with Crippen molar-refractivity contribution in [2.24, 2.45) is 0 Å². The smallest absolute Gasteiger partial charge is 0 e. The van der Waals surface area contributed by atoms with Crippen molar-refractivity contribution in [3.63, 3.8) is 0 Å². The first-order valence-corrected chi connectivity index (χ1v) is 9.42. The summed E-state index contributed by atoms with van der Waals surface area (Å²) in [4.78, 5) is 21.6. The van der Waals surface area contributed by atoms with Gasteiger partial charge in [0.1, 0.15) is 0 Å². The minimum absolute atomic E-state index is 0. The van der Waals surface area contributed by atoms with Gasteiger partial charge < -0.3 is 14.7 Å². The maximum Gasteiger partial charge on any atom is 0 e. The van der Waals surface area contributed by atoms with E-state index >= 15 is 0 Å². The van der Waals surface area contributed by atoms with Gasteiger partial charge in [0.05, 0.1) is 0 Å². The molecule has 8 nitrogen and oxygen atoms in total. The Morgan fingerprint density at radius 1 is 0.952 bits per heavy atom. The fourth-order valence-electron chi connectivity index (χ4n) is 1.38. The van der Waals surface area contributed by atoms with Gasteiger partial charge >= 0.3 is 95.9 Å². The summed E-state index contributed by atoms with van der Waals surface area (Å²) >= 11 is -5.19. The Morgan fingerprint density at radius 2 is 1.43 bits per heavy atom. The van der Waals surface area contributed by atoms with Gasteiger partial charge in [-0.3, -0.25) is 0 Å². The van der Waals surface area contributed by atoms with E-state index in [-0.39, 0.29) is 22.8 Å². The van der Waals surface area contributed by atoms with Crippen molar-refractivity contribution in [1.29, 1.82) is 0 Å². The summed E-state index contributed by atoms with van der Waals surface area (Å²) in [5, 5.41) is 1.51. The molecule has 0 bridgehead atoms. The van der Waals surface area contributed by atoms with Crippen LogP contribution in [0.3, 0.4) is 0 Å². The van der Waals surface area contributed by atoms with Gasteiger partial charge in [0.15, 0.2) is 0 Å². The zero-order chi connectivity index (χ0) is 15.4. The molecule has 0 aliphatic carbocycles. The van der Waals surface area contributed by atoms with E-state index in [2.05, 4.69) is 3.82 Å². The Hall–Kier alpha value is -0.791. The molecule has 0 fully saturated rings. The maximum absolute atomic E-state index is 10.7. The van der Waals surface area contributed by atoms with Crippen LogP contribution >= 0.6 is 7.82 Å². The standard InChI is InChI=1S/C10H8O4Se.H3O4P.Se/c11-15(12,13)14-10-7-3-5-8-4-1-2-6-9(8)10;1-5(2,3)4;/h1-7H,(H,11,12,13);(H3,1,2,3,4);. The maximum atomic E-state index is 10.7. The molecule has 2 radical (unpaired) electrons. The average Bonchev–Trinajstić information content (AvgIpc) is 2.25. The predicted octanol–water partition coefficient (Wildman–Crippen LogP) is 0.198. The Kier molecular flexibility index (Phi) is 7.70. The van der Waals surface area contributed by atoms with Crippen LogP contribution in [-0.2, 0) is 12.2 Å². The summed E-state index contributed by atoms with van der Waals surface area (Å²) < 4.78 is 43.4. The van der Waals surface area contributed by atoms with E-state index in [9.17, 15) is 7.67 Å². The zero-order valence-electron chi connectivity index (χ0n) is 10.2. The Labute approximate surface area is 132 Å². The molecule has 2 rings (SSSR count). The monoisotopic (exact) mass is 450 g/mol. The van der Waals surface area contributed by atoms with E-state index in [0.717, 1.165) is 5.39 Å². The quantitative estimate of drug-likeness (QED) is 0.377. The van der Waals surface area contributed by atoms with Crippen LogP contribution in [0.1, 0.15) is 0 Å². The second-order valence-electron chi connectivity index (χ2n) is 3.50. The molecule has 0 unspecified atom stereocenters. The Morgan fingerprint density at radius 3 is 1.95 bits per heavy atom. The van der Waals surface area contributed by atoms with Gasteiger partial charge in [-0.15, -0.1) is 0 Å². The van der Waals surface area contributed by atoms with Crippen LogP contribution in [-0.4, -0.2) is 49.3 Å². The summed E-state index contributed by atoms with van der Waals surface area (Å²) in [6.45, 7) is 0. The van der Waals surface area contributed by atoms with E-state index < -0.39 is 21.2 Å². The van der Waals surface area contributed by atoms with Crippen molar-refractivity contribution in [2.75, 3.05) is 0 Å². The Balaban J connectivity index is 0.000000583. The summed E-state index contributed by atoms with van der Waals surface area (Å²) in [6, 6.07) is 12.2. The molecule has 2 aromatic carbocycles. The molecule has 116 valence electrons. The van der Waals surface area contributed by atoms with Crippen molar-refractivity contribution in [1.82, 2.24) is 0 Å². The van der Waals surface area contributed by atoms with Crippen molar-refractivity contribution >= 4 is 49.0 Å². The number of hydrogen-bond acceptors (Lipinski definition) is 4. The number of hydrogen-bond donors (Lipinski definition) is 4. The van der Waals surface area contributed by atoms with Crippen molar-refractivity contribution in [3.05, 3.63) is 42.5 Å². The summed E-state index contributed by atoms with van der Waals surface area (Å²) in [7, 11) is -4.64. The van der Waals surface area contributed by atoms with E-state index in [4.69, 9.17) is 23.4 Å². The number of rotatable bonds is 2. The first-order valence-electron chi connectivity index (χ1n) is 4.99. The molecule has 0 saturated heterocycles. The van der Waals surface area contributed by atoms with Crippen LogP contribution in [0.2, 0.25) is 0 Å². The molecule has 0 aromatic heterocycles. The van der Waals surface area contributed by atoms with Crippen molar-refractivity contribution in [3.8, 4) is 5.75 Å². The van der Waals surface area contributed by atoms with Crippen LogP contribution in [0.15, 0.2) is 42.5 Å². The summed E-state index contributed by atoms with van der Waals surface area (Å²) in [5.74, 6) is 0.153. The minimum Gasteiger partial charge on any atom is 0 e. The first-order chi connectivity index (χ1) is 9.06. The topological polar surface area (TPSA) is 141 Å². The number of phosphoric acid groups is 1. The largest absolute Gasteiger partial charge is 0 e. The van der Waals surface area contributed by atoms with E-state index in [0.29, 0.717) is 5.39 Å². The van der Waals surface area contributed by atoms with Gasteiger partial charge in [0, 0.05) is 17.1 Å². The van der Waals surface area contributed by atoms with Crippen LogP contribution in [0.5, 0.6) is 5.75 Å². The second-order valence-corrected chi connectivity index (χ2v) is 6.67. The second kappa shape index (κ2) is 8.00. The third-order valence-corrected chi connectivity index (χ3v) is 2.76. The normalized spacial score (nSPS) is 11.0. The van der Waals surface area contributed by atoms with E-state index in [1.165, 1.54) is 6.07 Å². The van der Waals surface area contributed by atoms with Gasteiger partial charge in [0.2, 0.25) is 0 Å². The van der Waals surface area contributed by atoms with Gasteiger partial charge in [-0.2, -0.15) is 0 Å². The summed E-state index contributed by atoms with van der Waals surface area (Å²) in [5.41, 5.74) is 0. The molecule has 0 aliphatic heterocycles. The molecule has 0 atom stereocenters. The predicted molar refractivity (Wildman–Crippen MR) is 73.9 cm³/mol. The zero-order valence-corrected chi connectivity index (χ0v) is 14.5. The molecule has 21 heavy (non-hydrogen) atoms. The number of benzene rings is 2. The molecule has 0 aliphatic rings. The minimum atomic E-state index is -5.19. The summed E-state index contributed by atoms with van der Waals surface area (Å²) in [6.07, 6.45) is 0. The molecule has 0 heterocycles. The first kappa shape index (κ1) is 20.2. The van der Waals surface area contributed by atoms with Gasteiger partial charge in [-0.1, -0.05) is 0 Å². The van der Waals surface area contributed by atoms with Crippen LogP contribution < -0.4 is 3.82 Å². The fourth-order valence-corrected chi connectivity index (χ4v) is 2.16. The average molecular weight is 448 g/mol. The van der Waals surface area contributed by atoms with Crippen LogP contribution in [0.25, 0.3) is 10.8 Å². The molecular weight excluding hydrogens is 437 g/mol. The van der Waals surface area contributed by atoms with Crippen LogP contribution in [0.4, 0.5) is 0 Å². The SMILES string of the molecule is O=P(O)(O)O.O=[Se](=O)(O)Oc1cccc2ccccc12.[Se]. The fraction of sp³-hybridized carbons (Fsp3) is 0. The van der Waals surface area contributed by atoms with Crippen LogP contribution in [0, 0.1) is 0 Å². The number of fused-ring (bicyclic) bond motifs is 1. The molecule has 0 saturated carbocycles. The van der Waals surface area contributed by atoms with Gasteiger partial charge in [-0.25, -0.2) is 4.57 Å². The molecule has 0 amide bonds. The van der Waals surface area contributed by atoms with Crippen molar-refractivity contribution < 1.29 is 34.9 Å². The molecule has 2 aromatic rings. The molecule has 0 spiro atoms. The third-order valence-electron chi connectivity index (χ3n) is 1.94. The van der Waals surface area contributed by atoms with Gasteiger partial charge in [0.25, 0.3) is 0 Å². The third kappa shape index (κ3) is 8.95. The molecule has 4 N–H and O–H groups in total. The molecular formula is C10H11O8PSe2. The molecule has 11 heteroatoms. The Bertz CT molecular complexity index is 726. The van der Waals surface area contributed by atoms with E-state index in [1.807, 2.05) is 18.2 Å².